The summed E-state index contributed by atoms with van der Waals surface area (Å²) in [6, 6.07) is 8.03. The van der Waals surface area contributed by atoms with Crippen molar-refractivity contribution in [3.8, 4) is 0 Å². The van der Waals surface area contributed by atoms with Gasteiger partial charge in [-0.05, 0) is 19.9 Å². The third-order valence-corrected chi connectivity index (χ3v) is 3.30. The molecule has 2 aromatic rings. The van der Waals surface area contributed by atoms with E-state index in [4.69, 9.17) is 0 Å². The summed E-state index contributed by atoms with van der Waals surface area (Å²) in [5.74, 6) is 1.02. The molecule has 0 saturated heterocycles. The summed E-state index contributed by atoms with van der Waals surface area (Å²) in [5, 5.41) is 1.03. The molecule has 90 valence electrons. The second kappa shape index (κ2) is 4.62. The van der Waals surface area contributed by atoms with Gasteiger partial charge in [0.2, 0.25) is 0 Å². The van der Waals surface area contributed by atoms with Crippen LogP contribution in [-0.4, -0.2) is 23.9 Å². The maximum atomic E-state index is 11.4. The normalized spacial score (nSPS) is 10.8. The van der Waals surface area contributed by atoms with Crippen LogP contribution in [0.3, 0.4) is 0 Å². The van der Waals surface area contributed by atoms with E-state index in [-0.39, 0.29) is 0 Å². The van der Waals surface area contributed by atoms with Gasteiger partial charge in [0.05, 0.1) is 11.1 Å². The second-order valence-corrected chi connectivity index (χ2v) is 4.10. The zero-order valence-corrected chi connectivity index (χ0v) is 10.6. The molecular formula is C14H18N2O. The Morgan fingerprint density at radius 2 is 1.88 bits per heavy atom. The number of aryl methyl sites for hydroxylation is 1. The van der Waals surface area contributed by atoms with E-state index in [9.17, 15) is 4.79 Å². The summed E-state index contributed by atoms with van der Waals surface area (Å²) in [6.07, 6.45) is 0.968. The van der Waals surface area contributed by atoms with Gasteiger partial charge in [0.15, 0.2) is 6.29 Å². The van der Waals surface area contributed by atoms with Crippen LogP contribution >= 0.6 is 0 Å². The quantitative estimate of drug-likeness (QED) is 0.755. The Morgan fingerprint density at radius 3 is 2.47 bits per heavy atom. The molecule has 1 heterocycles. The van der Waals surface area contributed by atoms with E-state index in [1.54, 1.807) is 0 Å². The van der Waals surface area contributed by atoms with Crippen LogP contribution in [0.25, 0.3) is 10.9 Å². The lowest BCUT2D eigenvalue weighted by Gasteiger charge is -2.22. The zero-order chi connectivity index (χ0) is 12.4. The Bertz CT molecular complexity index is 538. The molecule has 1 aromatic heterocycles. The first-order valence-corrected chi connectivity index (χ1v) is 6.02. The van der Waals surface area contributed by atoms with Crippen molar-refractivity contribution < 1.29 is 4.79 Å². The molecule has 0 aliphatic carbocycles. The highest BCUT2D eigenvalue weighted by atomic mass is 16.1. The fourth-order valence-corrected chi connectivity index (χ4v) is 2.43. The third-order valence-electron chi connectivity index (χ3n) is 3.30. The fourth-order valence-electron chi connectivity index (χ4n) is 2.43. The standard InChI is InChI=1S/C14H18N2O/c1-4-16(5-2)14-12(10-17)11-8-6-7-9-13(11)15(14)3/h6-10H,4-5H2,1-3H3. The van der Waals surface area contributed by atoms with Crippen molar-refractivity contribution in [3.05, 3.63) is 29.8 Å². The van der Waals surface area contributed by atoms with Gasteiger partial charge < -0.3 is 9.47 Å². The van der Waals surface area contributed by atoms with Crippen LogP contribution in [0.4, 0.5) is 5.82 Å². The Hall–Kier alpha value is -1.77. The number of para-hydroxylation sites is 1. The minimum absolute atomic E-state index is 0.798. The lowest BCUT2D eigenvalue weighted by molar-refractivity contribution is 0.112. The van der Waals surface area contributed by atoms with Crippen molar-refractivity contribution in [2.24, 2.45) is 7.05 Å². The summed E-state index contributed by atoms with van der Waals surface area (Å²) in [7, 11) is 2.02. The number of hydrogen-bond acceptors (Lipinski definition) is 2. The first-order chi connectivity index (χ1) is 8.24. The molecule has 0 N–H and O–H groups in total. The van der Waals surface area contributed by atoms with Gasteiger partial charge in [-0.25, -0.2) is 0 Å². The van der Waals surface area contributed by atoms with Gasteiger partial charge in [0, 0.05) is 25.5 Å². The van der Waals surface area contributed by atoms with Crippen molar-refractivity contribution in [1.29, 1.82) is 0 Å². The van der Waals surface area contributed by atoms with E-state index < -0.39 is 0 Å². The number of hydrogen-bond donors (Lipinski definition) is 0. The predicted octanol–water partition coefficient (Wildman–Crippen LogP) is 2.84. The largest absolute Gasteiger partial charge is 0.358 e. The van der Waals surface area contributed by atoms with Crippen molar-refractivity contribution in [2.45, 2.75) is 13.8 Å². The zero-order valence-electron chi connectivity index (χ0n) is 10.6. The highest BCUT2D eigenvalue weighted by Gasteiger charge is 2.17. The molecule has 0 atom stereocenters. The van der Waals surface area contributed by atoms with Crippen LogP contribution in [0, 0.1) is 0 Å². The fraction of sp³-hybridized carbons (Fsp3) is 0.357. The predicted molar refractivity (Wildman–Crippen MR) is 71.9 cm³/mol. The van der Waals surface area contributed by atoms with E-state index in [2.05, 4.69) is 29.4 Å². The Labute approximate surface area is 102 Å². The molecule has 0 fully saturated rings. The molecule has 3 heteroatoms. The van der Waals surface area contributed by atoms with Crippen LogP contribution in [0.2, 0.25) is 0 Å². The number of anilines is 1. The van der Waals surface area contributed by atoms with Crippen LogP contribution in [-0.2, 0) is 7.05 Å². The van der Waals surface area contributed by atoms with Gasteiger partial charge in [0.1, 0.15) is 5.82 Å². The first kappa shape index (κ1) is 11.7. The molecule has 0 aliphatic rings. The maximum absolute atomic E-state index is 11.4. The minimum Gasteiger partial charge on any atom is -0.358 e. The van der Waals surface area contributed by atoms with Gasteiger partial charge in [-0.3, -0.25) is 4.79 Å². The molecule has 0 amide bonds. The molecular weight excluding hydrogens is 212 g/mol. The Balaban J connectivity index is 2.77. The number of aromatic nitrogens is 1. The lowest BCUT2D eigenvalue weighted by atomic mass is 10.2. The number of fused-ring (bicyclic) bond motifs is 1. The Morgan fingerprint density at radius 1 is 1.24 bits per heavy atom. The van der Waals surface area contributed by atoms with Crippen molar-refractivity contribution in [2.75, 3.05) is 18.0 Å². The second-order valence-electron chi connectivity index (χ2n) is 4.10. The average Bonchev–Trinajstić information content (AvgIpc) is 2.65. The summed E-state index contributed by atoms with van der Waals surface area (Å²) in [6.45, 7) is 6.02. The van der Waals surface area contributed by atoms with Crippen molar-refractivity contribution in [1.82, 2.24) is 4.57 Å². The number of aldehydes is 1. The molecule has 3 nitrogen and oxygen atoms in total. The van der Waals surface area contributed by atoms with E-state index in [0.717, 1.165) is 41.7 Å². The summed E-state index contributed by atoms with van der Waals surface area (Å²) < 4.78 is 2.10. The van der Waals surface area contributed by atoms with E-state index in [0.29, 0.717) is 0 Å². The van der Waals surface area contributed by atoms with Crippen LogP contribution < -0.4 is 4.90 Å². The summed E-state index contributed by atoms with van der Waals surface area (Å²) in [5.41, 5.74) is 1.91. The maximum Gasteiger partial charge on any atom is 0.154 e. The highest BCUT2D eigenvalue weighted by Crippen LogP contribution is 2.30. The van der Waals surface area contributed by atoms with Gasteiger partial charge >= 0.3 is 0 Å². The number of nitrogens with zero attached hydrogens (tertiary/aromatic N) is 2. The van der Waals surface area contributed by atoms with E-state index >= 15 is 0 Å². The van der Waals surface area contributed by atoms with Crippen molar-refractivity contribution >= 4 is 23.0 Å². The summed E-state index contributed by atoms with van der Waals surface area (Å²) >= 11 is 0. The van der Waals surface area contributed by atoms with Gasteiger partial charge in [-0.15, -0.1) is 0 Å². The van der Waals surface area contributed by atoms with Crippen molar-refractivity contribution in [3.63, 3.8) is 0 Å². The van der Waals surface area contributed by atoms with Gasteiger partial charge in [0.25, 0.3) is 0 Å². The number of carbonyl (C=O) groups excluding carboxylic acids is 1. The topological polar surface area (TPSA) is 25.2 Å². The van der Waals surface area contributed by atoms with Gasteiger partial charge in [-0.1, -0.05) is 18.2 Å². The molecule has 0 radical (unpaired) electrons. The molecule has 2 rings (SSSR count). The molecule has 0 spiro atoms. The first-order valence-electron chi connectivity index (χ1n) is 6.02. The molecule has 0 unspecified atom stereocenters. The molecule has 0 bridgehead atoms. The van der Waals surface area contributed by atoms with Crippen LogP contribution in [0.1, 0.15) is 24.2 Å². The van der Waals surface area contributed by atoms with Crippen LogP contribution in [0.15, 0.2) is 24.3 Å². The summed E-state index contributed by atoms with van der Waals surface area (Å²) in [4.78, 5) is 13.6. The van der Waals surface area contributed by atoms with E-state index in [1.807, 2.05) is 25.2 Å². The average molecular weight is 230 g/mol. The molecule has 1 aromatic carbocycles. The van der Waals surface area contributed by atoms with E-state index in [1.165, 1.54) is 0 Å². The number of rotatable bonds is 4. The highest BCUT2D eigenvalue weighted by molar-refractivity contribution is 6.03. The SMILES string of the molecule is CCN(CC)c1c(C=O)c2ccccc2n1C. The number of benzene rings is 1. The monoisotopic (exact) mass is 230 g/mol. The van der Waals surface area contributed by atoms with Gasteiger partial charge in [-0.2, -0.15) is 0 Å². The lowest BCUT2D eigenvalue weighted by Crippen LogP contribution is -2.25. The van der Waals surface area contributed by atoms with Crippen LogP contribution in [0.5, 0.6) is 0 Å². The smallest absolute Gasteiger partial charge is 0.154 e. The number of carbonyl (C=O) groups is 1. The molecule has 17 heavy (non-hydrogen) atoms. The molecule has 0 saturated carbocycles. The molecule has 0 aliphatic heterocycles. The Kier molecular flexibility index (Phi) is 3.18. The minimum atomic E-state index is 0.798. The third kappa shape index (κ3) is 1.71.